The number of amides is 1. The molecule has 3 unspecified atom stereocenters. The van der Waals surface area contributed by atoms with Gasteiger partial charge in [0.2, 0.25) is 5.91 Å². The van der Waals surface area contributed by atoms with E-state index in [1.165, 1.54) is 218 Å². The number of aliphatic hydroxyl groups excluding tert-OH is 1. The molecule has 0 aromatic heterocycles. The van der Waals surface area contributed by atoms with Crippen LogP contribution in [0.5, 0.6) is 0 Å². The Balaban J connectivity index is 4.08. The maximum atomic E-state index is 13.0. The van der Waals surface area contributed by atoms with Gasteiger partial charge in [0.05, 0.1) is 39.9 Å². The number of unbranched alkanes of at least 4 members (excludes halogenated alkanes) is 37. The molecule has 9 heteroatoms. The van der Waals surface area contributed by atoms with Crippen molar-refractivity contribution in [2.45, 2.75) is 302 Å². The Morgan fingerprint density at radius 3 is 1.24 bits per heavy atom. The zero-order valence-corrected chi connectivity index (χ0v) is 46.3. The second kappa shape index (κ2) is 49.9. The van der Waals surface area contributed by atoms with Crippen molar-refractivity contribution in [1.82, 2.24) is 5.32 Å². The molecule has 0 saturated heterocycles. The van der Waals surface area contributed by atoms with Gasteiger partial charge < -0.3 is 28.8 Å². The highest BCUT2D eigenvalue weighted by molar-refractivity contribution is 7.45. The van der Waals surface area contributed by atoms with Crippen molar-refractivity contribution >= 4 is 13.7 Å². The molecular formula is C58H115N2O6P. The second-order valence-electron chi connectivity index (χ2n) is 21.4. The number of likely N-dealkylation sites (N-methyl/N-ethyl adjacent to an activating group) is 1. The van der Waals surface area contributed by atoms with E-state index in [2.05, 4.69) is 43.5 Å². The Kier molecular flexibility index (Phi) is 49.2. The summed E-state index contributed by atoms with van der Waals surface area (Å²) in [4.78, 5) is 25.5. The van der Waals surface area contributed by atoms with Gasteiger partial charge in [0, 0.05) is 6.42 Å². The minimum absolute atomic E-state index is 0.0136. The van der Waals surface area contributed by atoms with E-state index >= 15 is 0 Å². The summed E-state index contributed by atoms with van der Waals surface area (Å²) in [5, 5.41) is 14.0. The monoisotopic (exact) mass is 967 g/mol. The molecule has 0 saturated carbocycles. The smallest absolute Gasteiger partial charge is 0.268 e. The number of hydrogen-bond donors (Lipinski definition) is 2. The summed E-state index contributed by atoms with van der Waals surface area (Å²) < 4.78 is 23.4. The van der Waals surface area contributed by atoms with Gasteiger partial charge in [-0.1, -0.05) is 263 Å². The molecule has 0 rings (SSSR count). The lowest BCUT2D eigenvalue weighted by Crippen LogP contribution is -2.46. The number of carbonyl (C=O) groups excluding carboxylic acids is 1. The zero-order chi connectivity index (χ0) is 49.2. The molecule has 2 N–H and O–H groups in total. The lowest BCUT2D eigenvalue weighted by atomic mass is 10.0. The lowest BCUT2D eigenvalue weighted by molar-refractivity contribution is -0.870. The minimum Gasteiger partial charge on any atom is -0.756 e. The van der Waals surface area contributed by atoms with Gasteiger partial charge in [-0.05, 0) is 44.9 Å². The maximum absolute atomic E-state index is 13.0. The molecule has 0 spiro atoms. The molecular weight excluding hydrogens is 852 g/mol. The van der Waals surface area contributed by atoms with Crippen LogP contribution < -0.4 is 10.2 Å². The fourth-order valence-electron chi connectivity index (χ4n) is 8.84. The van der Waals surface area contributed by atoms with E-state index in [9.17, 15) is 19.4 Å². The summed E-state index contributed by atoms with van der Waals surface area (Å²) in [6.07, 6.45) is 62.1. The molecule has 67 heavy (non-hydrogen) atoms. The van der Waals surface area contributed by atoms with Gasteiger partial charge in [-0.15, -0.1) is 0 Å². The van der Waals surface area contributed by atoms with Crippen molar-refractivity contribution in [3.8, 4) is 0 Å². The molecule has 0 heterocycles. The van der Waals surface area contributed by atoms with Gasteiger partial charge in [-0.2, -0.15) is 0 Å². The molecule has 0 aliphatic rings. The lowest BCUT2D eigenvalue weighted by Gasteiger charge is -2.30. The Hall–Kier alpha value is -1.02. The second-order valence-corrected chi connectivity index (χ2v) is 22.8. The summed E-state index contributed by atoms with van der Waals surface area (Å²) >= 11 is 0. The number of phosphoric acid groups is 1. The van der Waals surface area contributed by atoms with Crippen molar-refractivity contribution in [1.29, 1.82) is 0 Å². The van der Waals surface area contributed by atoms with Crippen LogP contribution in [0.15, 0.2) is 24.3 Å². The number of carbonyl (C=O) groups is 1. The molecule has 0 fully saturated rings. The van der Waals surface area contributed by atoms with Crippen LogP contribution in [0, 0.1) is 0 Å². The molecule has 0 bridgehead atoms. The Bertz CT molecular complexity index is 1140. The Morgan fingerprint density at radius 1 is 0.522 bits per heavy atom. The van der Waals surface area contributed by atoms with E-state index in [1.54, 1.807) is 0 Å². The summed E-state index contributed by atoms with van der Waals surface area (Å²) in [6, 6.07) is -0.799. The van der Waals surface area contributed by atoms with E-state index in [1.807, 2.05) is 21.1 Å². The first-order valence-electron chi connectivity index (χ1n) is 29.2. The number of nitrogens with zero attached hydrogens (tertiary/aromatic N) is 1. The van der Waals surface area contributed by atoms with Crippen LogP contribution >= 0.6 is 7.82 Å². The summed E-state index contributed by atoms with van der Waals surface area (Å²) in [6.45, 7) is 4.75. The molecule has 0 aromatic carbocycles. The van der Waals surface area contributed by atoms with Crippen molar-refractivity contribution in [2.24, 2.45) is 0 Å². The molecule has 0 aliphatic carbocycles. The van der Waals surface area contributed by atoms with Crippen LogP contribution in [0.4, 0.5) is 0 Å². The molecule has 1 amide bonds. The average Bonchev–Trinajstić information content (AvgIpc) is 3.29. The fourth-order valence-corrected chi connectivity index (χ4v) is 9.56. The third-order valence-corrected chi connectivity index (χ3v) is 14.4. The van der Waals surface area contributed by atoms with Gasteiger partial charge in [0.15, 0.2) is 0 Å². The van der Waals surface area contributed by atoms with Crippen LogP contribution in [0.3, 0.4) is 0 Å². The molecule has 0 radical (unpaired) electrons. The quantitative estimate of drug-likeness (QED) is 0.0272. The number of aliphatic hydroxyl groups is 1. The Labute approximate surface area is 417 Å². The van der Waals surface area contributed by atoms with Gasteiger partial charge in [-0.25, -0.2) is 0 Å². The third kappa shape index (κ3) is 52.6. The topological polar surface area (TPSA) is 108 Å². The SMILES string of the molecule is CCCCCCCCCCC/C=C\C/C=C\CCCCCCCCCCCCCCCC(=O)NC(COP(=O)([O-])OCC[N+](C)(C)C)C(O)CCCCCCCCCCCCCCCCCC. The van der Waals surface area contributed by atoms with Gasteiger partial charge in [0.1, 0.15) is 13.2 Å². The van der Waals surface area contributed by atoms with Crippen molar-refractivity contribution in [3.05, 3.63) is 24.3 Å². The van der Waals surface area contributed by atoms with Crippen LogP contribution in [0.25, 0.3) is 0 Å². The van der Waals surface area contributed by atoms with Crippen LogP contribution in [0.2, 0.25) is 0 Å². The molecule has 3 atom stereocenters. The molecule has 0 aromatic rings. The number of phosphoric ester groups is 1. The van der Waals surface area contributed by atoms with E-state index in [0.717, 1.165) is 44.9 Å². The largest absolute Gasteiger partial charge is 0.756 e. The summed E-state index contributed by atoms with van der Waals surface area (Å²) in [5.74, 6) is -0.162. The van der Waals surface area contributed by atoms with Crippen LogP contribution in [0.1, 0.15) is 290 Å². The summed E-state index contributed by atoms with van der Waals surface area (Å²) in [7, 11) is 1.31. The van der Waals surface area contributed by atoms with Crippen LogP contribution in [-0.4, -0.2) is 68.5 Å². The highest BCUT2D eigenvalue weighted by Crippen LogP contribution is 2.38. The highest BCUT2D eigenvalue weighted by Gasteiger charge is 2.24. The first kappa shape index (κ1) is 66.0. The predicted octanol–water partition coefficient (Wildman–Crippen LogP) is 17.0. The van der Waals surface area contributed by atoms with E-state index < -0.39 is 20.0 Å². The highest BCUT2D eigenvalue weighted by atomic mass is 31.2. The number of rotatable bonds is 54. The molecule has 0 aliphatic heterocycles. The first-order valence-corrected chi connectivity index (χ1v) is 30.6. The molecule has 398 valence electrons. The number of allylic oxidation sites excluding steroid dienone is 4. The van der Waals surface area contributed by atoms with Crippen molar-refractivity contribution in [3.63, 3.8) is 0 Å². The van der Waals surface area contributed by atoms with Gasteiger partial charge >= 0.3 is 0 Å². The van der Waals surface area contributed by atoms with Crippen LogP contribution in [-0.2, 0) is 18.4 Å². The summed E-state index contributed by atoms with van der Waals surface area (Å²) in [5.41, 5.74) is 0. The Morgan fingerprint density at radius 2 is 0.866 bits per heavy atom. The third-order valence-electron chi connectivity index (χ3n) is 13.4. The maximum Gasteiger partial charge on any atom is 0.268 e. The first-order chi connectivity index (χ1) is 32.5. The number of quaternary nitrogens is 1. The zero-order valence-electron chi connectivity index (χ0n) is 45.4. The normalized spacial score (nSPS) is 14.1. The van der Waals surface area contributed by atoms with Crippen molar-refractivity contribution in [2.75, 3.05) is 40.9 Å². The number of nitrogens with one attached hydrogen (secondary N) is 1. The van der Waals surface area contributed by atoms with Crippen molar-refractivity contribution < 1.29 is 32.9 Å². The van der Waals surface area contributed by atoms with Gasteiger partial charge in [0.25, 0.3) is 7.82 Å². The fraction of sp³-hybridized carbons (Fsp3) is 0.914. The number of hydrogen-bond acceptors (Lipinski definition) is 6. The van der Waals surface area contributed by atoms with E-state index in [0.29, 0.717) is 23.9 Å². The average molecular weight is 968 g/mol. The van der Waals surface area contributed by atoms with E-state index in [4.69, 9.17) is 9.05 Å². The predicted molar refractivity (Wildman–Crippen MR) is 289 cm³/mol. The van der Waals surface area contributed by atoms with E-state index in [-0.39, 0.29) is 19.1 Å². The van der Waals surface area contributed by atoms with Gasteiger partial charge in [-0.3, -0.25) is 9.36 Å². The molecule has 8 nitrogen and oxygen atoms in total. The standard InChI is InChI=1S/C58H115N2O6P/c1-6-8-10-12-14-16-18-20-22-24-25-26-27-28-29-30-31-32-33-34-35-36-38-40-42-44-46-48-50-52-58(62)59-56(55-66-67(63,64)65-54-53-60(3,4)5)57(61)51-49-47-45-43-41-39-37-23-21-19-17-15-13-11-9-7-2/h25-26,28-29,56-57,61H,6-24,27,30-55H2,1-5H3,(H-,59,62,63,64)/b26-25-,29-28-. The minimum atomic E-state index is -4.57.